The maximum Gasteiger partial charge on any atom is 0.227 e. The van der Waals surface area contributed by atoms with Gasteiger partial charge >= 0.3 is 0 Å². The van der Waals surface area contributed by atoms with E-state index in [0.29, 0.717) is 12.3 Å². The van der Waals surface area contributed by atoms with E-state index in [1.165, 1.54) is 11.3 Å². The lowest BCUT2D eigenvalue weighted by molar-refractivity contribution is -0.122. The quantitative estimate of drug-likeness (QED) is 0.810. The topological polar surface area (TPSA) is 42.0 Å². The molecule has 0 radical (unpaired) electrons. The van der Waals surface area contributed by atoms with Crippen molar-refractivity contribution in [3.63, 3.8) is 0 Å². The Labute approximate surface area is 112 Å². The lowest BCUT2D eigenvalue weighted by atomic mass is 9.99. The molecule has 0 saturated carbocycles. The molecule has 1 N–H and O–H groups in total. The van der Waals surface area contributed by atoms with Crippen molar-refractivity contribution in [2.24, 2.45) is 0 Å². The van der Waals surface area contributed by atoms with Crippen molar-refractivity contribution in [1.82, 2.24) is 10.3 Å². The fraction of sp³-hybridized carbons (Fsp3) is 0.667. The molecule has 0 aliphatic heterocycles. The molecule has 0 spiro atoms. The molecule has 1 amide bonds. The molecule has 17 heavy (non-hydrogen) atoms. The first-order valence-electron chi connectivity index (χ1n) is 5.77. The van der Waals surface area contributed by atoms with Crippen LogP contribution in [0.2, 0.25) is 0 Å². The van der Waals surface area contributed by atoms with Crippen molar-refractivity contribution in [3.05, 3.63) is 16.1 Å². The van der Waals surface area contributed by atoms with Gasteiger partial charge in [-0.1, -0.05) is 13.3 Å². The molecule has 0 bridgehead atoms. The Balaban J connectivity index is 2.49. The first kappa shape index (κ1) is 14.5. The van der Waals surface area contributed by atoms with Gasteiger partial charge in [-0.25, -0.2) is 4.98 Å². The predicted octanol–water partition coefficient (Wildman–Crippen LogP) is 3.12. The number of halogens is 1. The fourth-order valence-corrected chi connectivity index (χ4v) is 2.76. The number of carbonyl (C=O) groups is 1. The number of nitrogens with one attached hydrogen (secondary N) is 1. The molecule has 96 valence electrons. The molecular formula is C12H19ClN2OS. The van der Waals surface area contributed by atoms with Crippen molar-refractivity contribution in [1.29, 1.82) is 0 Å². The molecule has 0 saturated heterocycles. The molecule has 1 aromatic heterocycles. The molecular weight excluding hydrogens is 256 g/mol. The van der Waals surface area contributed by atoms with Crippen molar-refractivity contribution in [2.45, 2.75) is 51.5 Å². The summed E-state index contributed by atoms with van der Waals surface area (Å²) >= 11 is 7.15. The summed E-state index contributed by atoms with van der Waals surface area (Å²) in [5.74, 6) is 0.429. The van der Waals surface area contributed by atoms with Gasteiger partial charge in [-0.3, -0.25) is 4.79 Å². The summed E-state index contributed by atoms with van der Waals surface area (Å²) in [6.45, 7) is 6.20. The highest BCUT2D eigenvalue weighted by atomic mass is 35.5. The van der Waals surface area contributed by atoms with Gasteiger partial charge in [0.15, 0.2) is 0 Å². The molecule has 3 nitrogen and oxygen atoms in total. The average molecular weight is 275 g/mol. The molecule has 0 aliphatic rings. The third kappa shape index (κ3) is 5.04. The summed E-state index contributed by atoms with van der Waals surface area (Å²) < 4.78 is 0. The number of aromatic nitrogens is 1. The first-order chi connectivity index (χ1) is 7.96. The van der Waals surface area contributed by atoms with Crippen LogP contribution in [0.3, 0.4) is 0 Å². The van der Waals surface area contributed by atoms with E-state index in [9.17, 15) is 4.79 Å². The summed E-state index contributed by atoms with van der Waals surface area (Å²) in [6, 6.07) is 0. The first-order valence-corrected chi connectivity index (χ1v) is 7.18. The SMILES string of the molecule is CCCC(C)(C)NC(=O)Cc1nc(CCl)cs1. The van der Waals surface area contributed by atoms with Gasteiger partial charge in [0.1, 0.15) is 5.01 Å². The lowest BCUT2D eigenvalue weighted by Crippen LogP contribution is -2.43. The Morgan fingerprint density at radius 2 is 2.29 bits per heavy atom. The van der Waals surface area contributed by atoms with Crippen LogP contribution < -0.4 is 5.32 Å². The number of amides is 1. The van der Waals surface area contributed by atoms with Gasteiger partial charge in [-0.2, -0.15) is 0 Å². The number of nitrogens with zero attached hydrogens (tertiary/aromatic N) is 1. The van der Waals surface area contributed by atoms with Crippen LogP contribution in [-0.4, -0.2) is 16.4 Å². The largest absolute Gasteiger partial charge is 0.351 e. The second kappa shape index (κ2) is 6.36. The number of alkyl halides is 1. The fourth-order valence-electron chi connectivity index (χ4n) is 1.74. The van der Waals surface area contributed by atoms with Crippen molar-refractivity contribution in [3.8, 4) is 0 Å². The predicted molar refractivity (Wildman–Crippen MR) is 72.5 cm³/mol. The monoisotopic (exact) mass is 274 g/mol. The van der Waals surface area contributed by atoms with Crippen molar-refractivity contribution >= 4 is 28.8 Å². The van der Waals surface area contributed by atoms with E-state index in [4.69, 9.17) is 11.6 Å². The number of hydrogen-bond donors (Lipinski definition) is 1. The van der Waals surface area contributed by atoms with Crippen molar-refractivity contribution < 1.29 is 4.79 Å². The Morgan fingerprint density at radius 3 is 2.82 bits per heavy atom. The maximum atomic E-state index is 11.8. The van der Waals surface area contributed by atoms with Gasteiger partial charge in [0, 0.05) is 10.9 Å². The van der Waals surface area contributed by atoms with Crippen LogP contribution in [0, 0.1) is 0 Å². The molecule has 1 rings (SSSR count). The normalized spacial score (nSPS) is 11.5. The Bertz CT molecular complexity index is 376. The van der Waals surface area contributed by atoms with E-state index in [1.807, 2.05) is 19.2 Å². The average Bonchev–Trinajstić information content (AvgIpc) is 2.64. The summed E-state index contributed by atoms with van der Waals surface area (Å²) in [7, 11) is 0. The van der Waals surface area contributed by atoms with Gasteiger partial charge in [0.2, 0.25) is 5.91 Å². The second-order valence-corrected chi connectivity index (χ2v) is 5.93. The minimum Gasteiger partial charge on any atom is -0.351 e. The van der Waals surface area contributed by atoms with Crippen LogP contribution in [0.1, 0.15) is 44.3 Å². The lowest BCUT2D eigenvalue weighted by Gasteiger charge is -2.25. The van der Waals surface area contributed by atoms with Gasteiger partial charge in [-0.05, 0) is 20.3 Å². The highest BCUT2D eigenvalue weighted by molar-refractivity contribution is 7.09. The summed E-state index contributed by atoms with van der Waals surface area (Å²) in [5, 5.41) is 5.75. The third-order valence-corrected chi connectivity index (χ3v) is 3.57. The van der Waals surface area contributed by atoms with E-state index in [2.05, 4.69) is 17.2 Å². The molecule has 5 heteroatoms. The van der Waals surface area contributed by atoms with E-state index < -0.39 is 0 Å². The highest BCUT2D eigenvalue weighted by Gasteiger charge is 2.19. The molecule has 0 aromatic carbocycles. The van der Waals surface area contributed by atoms with E-state index >= 15 is 0 Å². The van der Waals surface area contributed by atoms with Crippen molar-refractivity contribution in [2.75, 3.05) is 0 Å². The standard InChI is InChI=1S/C12H19ClN2OS/c1-4-5-12(2,3)15-10(16)6-11-14-9(7-13)8-17-11/h8H,4-7H2,1-3H3,(H,15,16). The van der Waals surface area contributed by atoms with E-state index in [-0.39, 0.29) is 11.4 Å². The van der Waals surface area contributed by atoms with Gasteiger partial charge in [-0.15, -0.1) is 22.9 Å². The molecule has 0 unspecified atom stereocenters. The summed E-state index contributed by atoms with van der Waals surface area (Å²) in [6.07, 6.45) is 2.37. The van der Waals surface area contributed by atoms with Crippen LogP contribution in [-0.2, 0) is 17.1 Å². The molecule has 0 fully saturated rings. The van der Waals surface area contributed by atoms with Crippen LogP contribution in [0.5, 0.6) is 0 Å². The number of rotatable bonds is 6. The number of carbonyl (C=O) groups excluding carboxylic acids is 1. The van der Waals surface area contributed by atoms with E-state index in [0.717, 1.165) is 23.5 Å². The minimum absolute atomic E-state index is 0.0268. The minimum atomic E-state index is -0.140. The zero-order valence-electron chi connectivity index (χ0n) is 10.5. The van der Waals surface area contributed by atoms with Crippen LogP contribution >= 0.6 is 22.9 Å². The zero-order valence-corrected chi connectivity index (χ0v) is 12.1. The third-order valence-electron chi connectivity index (χ3n) is 2.40. The number of thiazole rings is 1. The highest BCUT2D eigenvalue weighted by Crippen LogP contribution is 2.14. The van der Waals surface area contributed by atoms with Gasteiger partial charge < -0.3 is 5.32 Å². The van der Waals surface area contributed by atoms with E-state index in [1.54, 1.807) is 0 Å². The second-order valence-electron chi connectivity index (χ2n) is 4.73. The maximum absolute atomic E-state index is 11.8. The Morgan fingerprint density at radius 1 is 1.59 bits per heavy atom. The smallest absolute Gasteiger partial charge is 0.227 e. The van der Waals surface area contributed by atoms with Crippen LogP contribution in [0.4, 0.5) is 0 Å². The number of hydrogen-bond acceptors (Lipinski definition) is 3. The zero-order chi connectivity index (χ0) is 12.9. The molecule has 1 heterocycles. The molecule has 0 atom stereocenters. The van der Waals surface area contributed by atoms with Gasteiger partial charge in [0.25, 0.3) is 0 Å². The van der Waals surface area contributed by atoms with Crippen LogP contribution in [0.15, 0.2) is 5.38 Å². The summed E-state index contributed by atoms with van der Waals surface area (Å²) in [5.41, 5.74) is 0.700. The van der Waals surface area contributed by atoms with Crippen LogP contribution in [0.25, 0.3) is 0 Å². The molecule has 0 aliphatic carbocycles. The summed E-state index contributed by atoms with van der Waals surface area (Å²) in [4.78, 5) is 16.1. The Hall–Kier alpha value is -0.610. The Kier molecular flexibility index (Phi) is 5.40. The van der Waals surface area contributed by atoms with Gasteiger partial charge in [0.05, 0.1) is 18.0 Å². The molecule has 1 aromatic rings.